The van der Waals surface area contributed by atoms with Gasteiger partial charge in [-0.1, -0.05) is 53.0 Å². The van der Waals surface area contributed by atoms with Crippen LogP contribution in [0.5, 0.6) is 11.5 Å². The highest BCUT2D eigenvalue weighted by molar-refractivity contribution is 7.92. The Morgan fingerprint density at radius 2 is 1.74 bits per heavy atom. The van der Waals surface area contributed by atoms with Crippen molar-refractivity contribution in [1.82, 2.24) is 9.59 Å². The topological polar surface area (TPSA) is 105 Å². The van der Waals surface area contributed by atoms with Gasteiger partial charge in [-0.15, -0.1) is 5.10 Å². The molecule has 9 heteroatoms. The third-order valence-corrected chi connectivity index (χ3v) is 6.42. The van der Waals surface area contributed by atoms with Crippen LogP contribution in [0.3, 0.4) is 0 Å². The van der Waals surface area contributed by atoms with Crippen molar-refractivity contribution in [3.05, 3.63) is 83.2 Å². The van der Waals surface area contributed by atoms with Crippen LogP contribution in [0.2, 0.25) is 0 Å². The van der Waals surface area contributed by atoms with Crippen LogP contribution >= 0.6 is 11.5 Å². The SMILES string of the molecule is Cc1snnc1NS(=O)(=O)c1ccc(Oc2ccccc2-c2ccccc2)c(C#N)c1. The van der Waals surface area contributed by atoms with E-state index in [-0.39, 0.29) is 22.0 Å². The number of aryl methyl sites for hydroxylation is 1. The summed E-state index contributed by atoms with van der Waals surface area (Å²) in [5.41, 5.74) is 1.92. The molecular formula is C22H16N4O3S2. The Labute approximate surface area is 183 Å². The quantitative estimate of drug-likeness (QED) is 0.446. The summed E-state index contributed by atoms with van der Waals surface area (Å²) in [7, 11) is -3.93. The van der Waals surface area contributed by atoms with Crippen molar-refractivity contribution >= 4 is 27.4 Å². The average Bonchev–Trinajstić information content (AvgIpc) is 3.18. The summed E-state index contributed by atoms with van der Waals surface area (Å²) >= 11 is 1.09. The van der Waals surface area contributed by atoms with Crippen molar-refractivity contribution in [2.45, 2.75) is 11.8 Å². The van der Waals surface area contributed by atoms with Crippen molar-refractivity contribution in [3.63, 3.8) is 0 Å². The number of rotatable bonds is 6. The molecule has 0 aliphatic carbocycles. The third-order valence-electron chi connectivity index (χ3n) is 4.46. The molecule has 0 fully saturated rings. The number of hydrogen-bond donors (Lipinski definition) is 1. The van der Waals surface area contributed by atoms with Crippen LogP contribution in [0.15, 0.2) is 77.7 Å². The maximum Gasteiger partial charge on any atom is 0.263 e. The van der Waals surface area contributed by atoms with Crippen molar-refractivity contribution in [2.75, 3.05) is 4.72 Å². The number of sulfonamides is 1. The molecule has 0 unspecified atom stereocenters. The molecule has 4 aromatic rings. The molecule has 0 radical (unpaired) electrons. The molecule has 0 bridgehead atoms. The fourth-order valence-electron chi connectivity index (χ4n) is 2.90. The Hall–Kier alpha value is -3.74. The number of nitriles is 1. The highest BCUT2D eigenvalue weighted by Gasteiger charge is 2.20. The molecule has 0 saturated heterocycles. The van der Waals surface area contributed by atoms with Crippen LogP contribution in [0.1, 0.15) is 10.4 Å². The van der Waals surface area contributed by atoms with E-state index in [1.165, 1.54) is 18.2 Å². The van der Waals surface area contributed by atoms with Crippen molar-refractivity contribution in [3.8, 4) is 28.7 Å². The average molecular weight is 449 g/mol. The van der Waals surface area contributed by atoms with E-state index in [0.717, 1.165) is 22.7 Å². The van der Waals surface area contributed by atoms with Crippen LogP contribution in [-0.2, 0) is 10.0 Å². The number of para-hydroxylation sites is 1. The first-order valence-corrected chi connectivity index (χ1v) is 11.4. The molecule has 7 nitrogen and oxygen atoms in total. The van der Waals surface area contributed by atoms with E-state index in [4.69, 9.17) is 4.74 Å². The molecule has 154 valence electrons. The molecule has 0 aliphatic heterocycles. The van der Waals surface area contributed by atoms with Crippen LogP contribution in [0.25, 0.3) is 11.1 Å². The lowest BCUT2D eigenvalue weighted by Crippen LogP contribution is -2.14. The lowest BCUT2D eigenvalue weighted by molar-refractivity contribution is 0.482. The molecule has 0 spiro atoms. The van der Waals surface area contributed by atoms with Gasteiger partial charge in [-0.2, -0.15) is 5.26 Å². The molecule has 3 aromatic carbocycles. The summed E-state index contributed by atoms with van der Waals surface area (Å²) in [5, 5.41) is 13.4. The predicted molar refractivity (Wildman–Crippen MR) is 119 cm³/mol. The summed E-state index contributed by atoms with van der Waals surface area (Å²) in [6.07, 6.45) is 0. The Bertz CT molecular complexity index is 1380. The smallest absolute Gasteiger partial charge is 0.263 e. The number of nitrogens with one attached hydrogen (secondary N) is 1. The summed E-state index contributed by atoms with van der Waals surface area (Å²) < 4.78 is 37.5. The van der Waals surface area contributed by atoms with E-state index < -0.39 is 10.0 Å². The van der Waals surface area contributed by atoms with Crippen LogP contribution in [0, 0.1) is 18.3 Å². The lowest BCUT2D eigenvalue weighted by Gasteiger charge is -2.13. The molecule has 4 rings (SSSR count). The van der Waals surface area contributed by atoms with Gasteiger partial charge in [0.15, 0.2) is 5.82 Å². The van der Waals surface area contributed by atoms with E-state index in [1.807, 2.05) is 54.6 Å². The maximum absolute atomic E-state index is 12.7. The molecule has 31 heavy (non-hydrogen) atoms. The zero-order valence-corrected chi connectivity index (χ0v) is 17.9. The van der Waals surface area contributed by atoms with Gasteiger partial charge in [-0.3, -0.25) is 4.72 Å². The first-order valence-electron chi connectivity index (χ1n) is 9.16. The van der Waals surface area contributed by atoms with Gasteiger partial charge in [0.1, 0.15) is 17.6 Å². The fraction of sp³-hybridized carbons (Fsp3) is 0.0455. The highest BCUT2D eigenvalue weighted by atomic mass is 32.2. The maximum atomic E-state index is 12.7. The number of anilines is 1. The molecular weight excluding hydrogens is 432 g/mol. The van der Waals surface area contributed by atoms with Gasteiger partial charge in [0, 0.05) is 5.56 Å². The van der Waals surface area contributed by atoms with E-state index in [9.17, 15) is 13.7 Å². The molecule has 1 aromatic heterocycles. The van der Waals surface area contributed by atoms with E-state index >= 15 is 0 Å². The molecule has 1 N–H and O–H groups in total. The Morgan fingerprint density at radius 1 is 1.00 bits per heavy atom. The molecule has 0 saturated carbocycles. The van der Waals surface area contributed by atoms with Crippen molar-refractivity contribution in [1.29, 1.82) is 5.26 Å². The van der Waals surface area contributed by atoms with Gasteiger partial charge in [0.05, 0.1) is 15.3 Å². The normalized spacial score (nSPS) is 11.0. The van der Waals surface area contributed by atoms with E-state index in [0.29, 0.717) is 10.6 Å². The zero-order chi connectivity index (χ0) is 21.8. The summed E-state index contributed by atoms with van der Waals surface area (Å²) in [5.74, 6) is 0.986. The molecule has 0 atom stereocenters. The second-order valence-electron chi connectivity index (χ2n) is 6.52. The summed E-state index contributed by atoms with van der Waals surface area (Å²) in [6.45, 7) is 1.71. The first-order chi connectivity index (χ1) is 15.0. The lowest BCUT2D eigenvalue weighted by atomic mass is 10.0. The predicted octanol–water partition coefficient (Wildman–Crippen LogP) is 4.98. The molecule has 0 amide bonds. The number of aromatic nitrogens is 2. The van der Waals surface area contributed by atoms with Crippen LogP contribution in [0.4, 0.5) is 5.82 Å². The third kappa shape index (κ3) is 4.40. The van der Waals surface area contributed by atoms with E-state index in [2.05, 4.69) is 14.3 Å². The minimum Gasteiger partial charge on any atom is -0.455 e. The van der Waals surface area contributed by atoms with Gasteiger partial charge >= 0.3 is 0 Å². The Kier molecular flexibility index (Phi) is 5.66. The Balaban J connectivity index is 1.67. The fourth-order valence-corrected chi connectivity index (χ4v) is 4.47. The number of ether oxygens (including phenoxy) is 1. The molecule has 0 aliphatic rings. The first kappa shape index (κ1) is 20.5. The van der Waals surface area contributed by atoms with Gasteiger partial charge in [0.25, 0.3) is 10.0 Å². The zero-order valence-electron chi connectivity index (χ0n) is 16.3. The minimum atomic E-state index is -3.93. The number of nitrogens with zero attached hydrogens (tertiary/aromatic N) is 3. The van der Waals surface area contributed by atoms with Gasteiger partial charge in [-0.05, 0) is 48.3 Å². The van der Waals surface area contributed by atoms with Crippen LogP contribution < -0.4 is 9.46 Å². The van der Waals surface area contributed by atoms with Crippen molar-refractivity contribution < 1.29 is 13.2 Å². The second-order valence-corrected chi connectivity index (χ2v) is 9.16. The molecule has 1 heterocycles. The number of benzene rings is 3. The minimum absolute atomic E-state index is 0.0693. The Morgan fingerprint density at radius 3 is 2.45 bits per heavy atom. The standard InChI is InChI=1S/C22H16N4O3S2/c1-15-22(24-26-30-15)25-31(27,28)18-11-12-20(17(13-18)14-23)29-21-10-6-5-9-19(21)16-7-3-2-4-8-16/h2-13,25H,1H3. The van der Waals surface area contributed by atoms with Gasteiger partial charge in [-0.25, -0.2) is 8.42 Å². The monoisotopic (exact) mass is 448 g/mol. The second kappa shape index (κ2) is 8.55. The number of hydrogen-bond acceptors (Lipinski definition) is 7. The summed E-state index contributed by atoms with van der Waals surface area (Å²) in [6, 6.07) is 23.3. The highest BCUT2D eigenvalue weighted by Crippen LogP contribution is 2.35. The van der Waals surface area contributed by atoms with Gasteiger partial charge < -0.3 is 4.74 Å². The van der Waals surface area contributed by atoms with Gasteiger partial charge in [0.2, 0.25) is 0 Å². The van der Waals surface area contributed by atoms with E-state index in [1.54, 1.807) is 13.0 Å². The summed E-state index contributed by atoms with van der Waals surface area (Å²) in [4.78, 5) is 0.571. The largest absolute Gasteiger partial charge is 0.455 e. The van der Waals surface area contributed by atoms with Crippen LogP contribution in [-0.4, -0.2) is 18.0 Å². The van der Waals surface area contributed by atoms with Crippen molar-refractivity contribution in [2.24, 2.45) is 0 Å².